The number of carbonyl (C=O) groups excluding carboxylic acids is 2. The third-order valence-corrected chi connectivity index (χ3v) is 7.09. The predicted octanol–water partition coefficient (Wildman–Crippen LogP) is 1.27. The van der Waals surface area contributed by atoms with Gasteiger partial charge in [0.15, 0.2) is 23.0 Å². The Balaban J connectivity index is 1.72. The van der Waals surface area contributed by atoms with E-state index in [9.17, 15) is 30.0 Å². The molecule has 1 saturated heterocycles. The Labute approximate surface area is 239 Å². The van der Waals surface area contributed by atoms with Gasteiger partial charge in [0.05, 0.1) is 26.4 Å². The van der Waals surface area contributed by atoms with E-state index in [2.05, 4.69) is 0 Å². The summed E-state index contributed by atoms with van der Waals surface area (Å²) in [4.78, 5) is 25.8. The predicted molar refractivity (Wildman–Crippen MR) is 143 cm³/mol. The van der Waals surface area contributed by atoms with Crippen LogP contribution in [-0.4, -0.2) is 90.7 Å². The van der Waals surface area contributed by atoms with Crippen molar-refractivity contribution in [3.8, 4) is 34.1 Å². The molecular weight excluding hydrogens is 556 g/mol. The molecule has 1 fully saturated rings. The molecule has 42 heavy (non-hydrogen) atoms. The Bertz CT molecular complexity index is 1500. The molecular formula is C29H30O13. The van der Waals surface area contributed by atoms with Gasteiger partial charge in [-0.25, -0.2) is 4.79 Å². The minimum Gasteiger partial charge on any atom is -0.493 e. The third kappa shape index (κ3) is 5.40. The largest absolute Gasteiger partial charge is 0.493 e. The summed E-state index contributed by atoms with van der Waals surface area (Å²) < 4.78 is 38.2. The summed E-state index contributed by atoms with van der Waals surface area (Å²) in [7, 11) is 2.95. The molecule has 0 aliphatic carbocycles. The van der Waals surface area contributed by atoms with Crippen LogP contribution in [0.15, 0.2) is 36.4 Å². The van der Waals surface area contributed by atoms with Gasteiger partial charge in [0, 0.05) is 18.1 Å². The van der Waals surface area contributed by atoms with Gasteiger partial charge in [-0.2, -0.15) is 0 Å². The van der Waals surface area contributed by atoms with Crippen LogP contribution in [0.1, 0.15) is 22.8 Å². The summed E-state index contributed by atoms with van der Waals surface area (Å²) in [6.45, 7) is 0.204. The highest BCUT2D eigenvalue weighted by Gasteiger charge is 2.45. The van der Waals surface area contributed by atoms with Crippen LogP contribution in [0.3, 0.4) is 0 Å². The van der Waals surface area contributed by atoms with Gasteiger partial charge in [-0.1, -0.05) is 6.07 Å². The number of esters is 2. The minimum atomic E-state index is -1.83. The Morgan fingerprint density at radius 3 is 2.33 bits per heavy atom. The number of hydrogen-bond donors (Lipinski definition) is 4. The van der Waals surface area contributed by atoms with E-state index in [0.29, 0.717) is 44.9 Å². The highest BCUT2D eigenvalue weighted by molar-refractivity contribution is 6.10. The average Bonchev–Trinajstić information content (AvgIpc) is 3.46. The molecule has 0 bridgehead atoms. The maximum absolute atomic E-state index is 14.0. The maximum Gasteiger partial charge on any atom is 0.341 e. The molecule has 2 aliphatic heterocycles. The Morgan fingerprint density at radius 1 is 0.929 bits per heavy atom. The van der Waals surface area contributed by atoms with Crippen molar-refractivity contribution >= 4 is 22.7 Å². The second-order valence-electron chi connectivity index (χ2n) is 9.66. The summed E-state index contributed by atoms with van der Waals surface area (Å²) in [5.41, 5.74) is 1.03. The van der Waals surface area contributed by atoms with Crippen molar-refractivity contribution < 1.29 is 63.2 Å². The molecule has 224 valence electrons. The Kier molecular flexibility index (Phi) is 8.38. The fourth-order valence-corrected chi connectivity index (χ4v) is 4.99. The molecule has 13 nitrogen and oxygen atoms in total. The first-order chi connectivity index (χ1) is 20.2. The van der Waals surface area contributed by atoms with Gasteiger partial charge in [0.1, 0.15) is 31.0 Å². The second kappa shape index (κ2) is 12.0. The number of carbonyl (C=O) groups is 2. The highest BCUT2D eigenvalue weighted by Crippen LogP contribution is 2.44. The minimum absolute atomic E-state index is 0.0169. The molecule has 0 radical (unpaired) electrons. The number of hydrogen-bond acceptors (Lipinski definition) is 13. The topological polar surface area (TPSA) is 180 Å². The molecule has 0 saturated carbocycles. The molecule has 0 spiro atoms. The van der Waals surface area contributed by atoms with Gasteiger partial charge >= 0.3 is 11.9 Å². The molecule has 2 aliphatic rings. The smallest absolute Gasteiger partial charge is 0.341 e. The van der Waals surface area contributed by atoms with Crippen LogP contribution < -0.4 is 18.9 Å². The lowest BCUT2D eigenvalue weighted by molar-refractivity contribution is -0.285. The average molecular weight is 587 g/mol. The first-order valence-electron chi connectivity index (χ1n) is 12.9. The lowest BCUT2D eigenvalue weighted by Gasteiger charge is -2.39. The fraction of sp³-hybridized carbons (Fsp3) is 0.379. The van der Waals surface area contributed by atoms with E-state index in [-0.39, 0.29) is 24.5 Å². The quantitative estimate of drug-likeness (QED) is 0.278. The van der Waals surface area contributed by atoms with Crippen molar-refractivity contribution in [2.45, 2.75) is 44.2 Å². The van der Waals surface area contributed by atoms with Crippen LogP contribution >= 0.6 is 0 Å². The first kappa shape index (κ1) is 29.4. The van der Waals surface area contributed by atoms with Crippen LogP contribution in [0, 0.1) is 0 Å². The van der Waals surface area contributed by atoms with Gasteiger partial charge in [0.25, 0.3) is 0 Å². The van der Waals surface area contributed by atoms with E-state index in [1.54, 1.807) is 36.4 Å². The maximum atomic E-state index is 14.0. The Hall–Kier alpha value is -4.14. The van der Waals surface area contributed by atoms with Crippen molar-refractivity contribution in [2.75, 3.05) is 27.6 Å². The summed E-state index contributed by atoms with van der Waals surface area (Å²) in [6, 6.07) is 10.1. The monoisotopic (exact) mass is 586 g/mol. The number of ether oxygens (including phenoxy) is 7. The summed E-state index contributed by atoms with van der Waals surface area (Å²) in [5.74, 6) is 0.111. The molecule has 2 heterocycles. The molecule has 5 atom stereocenters. The van der Waals surface area contributed by atoms with Crippen LogP contribution in [-0.2, 0) is 25.6 Å². The molecule has 0 aromatic heterocycles. The summed E-state index contributed by atoms with van der Waals surface area (Å²) in [5, 5.41) is 41.6. The van der Waals surface area contributed by atoms with E-state index in [1.807, 2.05) is 0 Å². The Morgan fingerprint density at radius 2 is 1.64 bits per heavy atom. The number of benzene rings is 3. The molecule has 5 rings (SSSR count). The third-order valence-electron chi connectivity index (χ3n) is 7.09. The number of methoxy groups -OCH3 is 2. The fourth-order valence-electron chi connectivity index (χ4n) is 4.99. The van der Waals surface area contributed by atoms with Gasteiger partial charge in [0.2, 0.25) is 13.1 Å². The van der Waals surface area contributed by atoms with Gasteiger partial charge in [-0.3, -0.25) is 4.79 Å². The van der Waals surface area contributed by atoms with Crippen molar-refractivity contribution in [3.05, 3.63) is 47.5 Å². The SMILES string of the molecule is COc1cc2cc(COC(C)=O)c(C(=O)OC3OC(CO)C(O)C(O)C3O)c(-c3ccc4c(c3)OCO4)c2cc1OC. The van der Waals surface area contributed by atoms with Crippen molar-refractivity contribution in [1.29, 1.82) is 0 Å². The van der Waals surface area contributed by atoms with Crippen molar-refractivity contribution in [3.63, 3.8) is 0 Å². The summed E-state index contributed by atoms with van der Waals surface area (Å²) in [6.07, 6.45) is -8.30. The van der Waals surface area contributed by atoms with Gasteiger partial charge < -0.3 is 53.6 Å². The van der Waals surface area contributed by atoms with Crippen LogP contribution in [0.5, 0.6) is 23.0 Å². The van der Waals surface area contributed by atoms with Crippen molar-refractivity contribution in [1.82, 2.24) is 0 Å². The van der Waals surface area contributed by atoms with E-state index in [4.69, 9.17) is 33.2 Å². The standard InChI is InChI=1S/C29H30O13/c1-13(31)38-11-16-6-15-8-19(36-2)20(37-3)9-17(15)23(14-4-5-18-21(7-14)40-12-39-18)24(16)28(35)42-29-27(34)26(33)25(32)22(10-30)41-29/h4-9,22,25-27,29-30,32-34H,10-12H2,1-3H3. The highest BCUT2D eigenvalue weighted by atomic mass is 16.7. The van der Waals surface area contributed by atoms with E-state index in [0.717, 1.165) is 0 Å². The molecule has 13 heteroatoms. The van der Waals surface area contributed by atoms with Crippen LogP contribution in [0.2, 0.25) is 0 Å². The lowest BCUT2D eigenvalue weighted by atomic mass is 9.89. The van der Waals surface area contributed by atoms with Gasteiger partial charge in [-0.05, 0) is 46.7 Å². The normalized spacial score (nSPS) is 23.0. The molecule has 5 unspecified atom stereocenters. The number of rotatable bonds is 8. The lowest BCUT2D eigenvalue weighted by Crippen LogP contribution is -2.59. The molecule has 0 amide bonds. The molecule has 3 aromatic rings. The zero-order chi connectivity index (χ0) is 30.1. The number of aliphatic hydroxyl groups excluding tert-OH is 4. The molecule has 4 N–H and O–H groups in total. The van der Waals surface area contributed by atoms with E-state index < -0.39 is 49.3 Å². The van der Waals surface area contributed by atoms with E-state index in [1.165, 1.54) is 21.1 Å². The second-order valence-corrected chi connectivity index (χ2v) is 9.66. The first-order valence-corrected chi connectivity index (χ1v) is 12.9. The van der Waals surface area contributed by atoms with Crippen LogP contribution in [0.4, 0.5) is 0 Å². The molecule has 3 aromatic carbocycles. The van der Waals surface area contributed by atoms with Gasteiger partial charge in [-0.15, -0.1) is 0 Å². The zero-order valence-electron chi connectivity index (χ0n) is 22.9. The number of aliphatic hydroxyl groups is 4. The van der Waals surface area contributed by atoms with Crippen LogP contribution in [0.25, 0.3) is 21.9 Å². The van der Waals surface area contributed by atoms with E-state index >= 15 is 0 Å². The zero-order valence-corrected chi connectivity index (χ0v) is 22.9. The number of fused-ring (bicyclic) bond motifs is 2. The summed E-state index contributed by atoms with van der Waals surface area (Å²) >= 11 is 0. The van der Waals surface area contributed by atoms with Crippen molar-refractivity contribution in [2.24, 2.45) is 0 Å².